The topological polar surface area (TPSA) is 81.7 Å². The first-order valence-electron chi connectivity index (χ1n) is 7.48. The Morgan fingerprint density at radius 1 is 1.12 bits per heavy atom. The molecule has 0 saturated carbocycles. The van der Waals surface area contributed by atoms with Gasteiger partial charge in [0, 0.05) is 11.0 Å². The summed E-state index contributed by atoms with van der Waals surface area (Å²) in [5, 5.41) is -0.465. The van der Waals surface area contributed by atoms with Gasteiger partial charge in [-0.05, 0) is 30.2 Å². The van der Waals surface area contributed by atoms with E-state index in [0.717, 1.165) is 10.5 Å². The van der Waals surface area contributed by atoms with Gasteiger partial charge >= 0.3 is 0 Å². The minimum atomic E-state index is -3.99. The number of thioether (sulfide) groups is 1. The minimum absolute atomic E-state index is 0.0565. The molecule has 1 amide bonds. The first-order chi connectivity index (χ1) is 11.9. The molecule has 25 heavy (non-hydrogen) atoms. The molecule has 8 heteroatoms. The van der Waals surface area contributed by atoms with Crippen LogP contribution in [0.15, 0.2) is 52.3 Å². The summed E-state index contributed by atoms with van der Waals surface area (Å²) >= 11 is 1.37. The molecule has 1 atom stereocenters. The van der Waals surface area contributed by atoms with Crippen molar-refractivity contribution in [1.82, 2.24) is 4.72 Å². The fraction of sp³-hybridized carbons (Fsp3) is 0.235. The van der Waals surface area contributed by atoms with Gasteiger partial charge in [0.15, 0.2) is 11.5 Å². The van der Waals surface area contributed by atoms with Crippen LogP contribution in [0.5, 0.6) is 11.5 Å². The maximum absolute atomic E-state index is 12.5. The summed E-state index contributed by atoms with van der Waals surface area (Å²) in [6, 6.07) is 11.8. The predicted octanol–water partition coefficient (Wildman–Crippen LogP) is 2.23. The lowest BCUT2D eigenvalue weighted by atomic mass is 10.1. The SMILES string of the molecule is COc1ccc(S(=O)(=O)NC(=O)C2Cc3ccccc3S2)cc1OC. The summed E-state index contributed by atoms with van der Waals surface area (Å²) in [5.74, 6) is 0.158. The number of carbonyl (C=O) groups is 1. The number of amides is 1. The third-order valence-electron chi connectivity index (χ3n) is 3.84. The quantitative estimate of drug-likeness (QED) is 0.858. The van der Waals surface area contributed by atoms with Crippen molar-refractivity contribution < 1.29 is 22.7 Å². The zero-order valence-electron chi connectivity index (χ0n) is 13.7. The van der Waals surface area contributed by atoms with Crippen molar-refractivity contribution in [2.75, 3.05) is 14.2 Å². The Balaban J connectivity index is 1.77. The highest BCUT2D eigenvalue weighted by Gasteiger charge is 2.31. The van der Waals surface area contributed by atoms with E-state index in [0.29, 0.717) is 12.2 Å². The molecule has 0 aliphatic carbocycles. The molecule has 1 N–H and O–H groups in total. The predicted molar refractivity (Wildman–Crippen MR) is 94.7 cm³/mol. The summed E-state index contributed by atoms with van der Waals surface area (Å²) in [6.45, 7) is 0. The van der Waals surface area contributed by atoms with Crippen molar-refractivity contribution in [3.05, 3.63) is 48.0 Å². The lowest BCUT2D eigenvalue weighted by Gasteiger charge is -2.13. The number of methoxy groups -OCH3 is 2. The first kappa shape index (κ1) is 17.6. The molecule has 0 aromatic heterocycles. The van der Waals surface area contributed by atoms with Gasteiger partial charge in [-0.15, -0.1) is 11.8 Å². The van der Waals surface area contributed by atoms with Gasteiger partial charge in [0.2, 0.25) is 5.91 Å². The number of hydrogen-bond donors (Lipinski definition) is 1. The van der Waals surface area contributed by atoms with E-state index >= 15 is 0 Å². The lowest BCUT2D eigenvalue weighted by Crippen LogP contribution is -2.37. The van der Waals surface area contributed by atoms with Crippen LogP contribution in [0.3, 0.4) is 0 Å². The second-order valence-corrected chi connectivity index (χ2v) is 8.33. The van der Waals surface area contributed by atoms with Crippen molar-refractivity contribution in [1.29, 1.82) is 0 Å². The maximum Gasteiger partial charge on any atom is 0.264 e. The molecular formula is C17H17NO5S2. The van der Waals surface area contributed by atoms with Crippen LogP contribution in [-0.2, 0) is 21.2 Å². The van der Waals surface area contributed by atoms with Gasteiger partial charge in [0.1, 0.15) is 0 Å². The van der Waals surface area contributed by atoms with E-state index in [-0.39, 0.29) is 10.6 Å². The number of carbonyl (C=O) groups excluding carboxylic acids is 1. The van der Waals surface area contributed by atoms with Gasteiger partial charge in [-0.1, -0.05) is 18.2 Å². The van der Waals surface area contributed by atoms with E-state index in [1.165, 1.54) is 44.2 Å². The Hall–Kier alpha value is -2.19. The molecule has 2 aromatic carbocycles. The summed E-state index contributed by atoms with van der Waals surface area (Å²) in [4.78, 5) is 13.4. The molecule has 1 aliphatic rings. The van der Waals surface area contributed by atoms with Crippen molar-refractivity contribution >= 4 is 27.7 Å². The van der Waals surface area contributed by atoms with E-state index in [1.807, 2.05) is 24.3 Å². The van der Waals surface area contributed by atoms with Crippen molar-refractivity contribution in [2.24, 2.45) is 0 Å². The molecular weight excluding hydrogens is 362 g/mol. The van der Waals surface area contributed by atoms with Gasteiger partial charge in [-0.2, -0.15) is 0 Å². The van der Waals surface area contributed by atoms with Crippen molar-refractivity contribution in [3.63, 3.8) is 0 Å². The number of nitrogens with one attached hydrogen (secondary N) is 1. The van der Waals surface area contributed by atoms with E-state index in [4.69, 9.17) is 9.47 Å². The standard InChI is InChI=1S/C17H17NO5S2/c1-22-13-8-7-12(10-14(13)23-2)25(20,21)18-17(19)16-9-11-5-3-4-6-15(11)24-16/h3-8,10,16H,9H2,1-2H3,(H,18,19). The third kappa shape index (κ3) is 3.59. The fourth-order valence-electron chi connectivity index (χ4n) is 2.57. The first-order valence-corrected chi connectivity index (χ1v) is 9.84. The molecule has 132 valence electrons. The zero-order chi connectivity index (χ0) is 18.0. The second kappa shape index (κ2) is 6.97. The monoisotopic (exact) mass is 379 g/mol. The lowest BCUT2D eigenvalue weighted by molar-refractivity contribution is -0.118. The molecule has 0 radical (unpaired) electrons. The van der Waals surface area contributed by atoms with Crippen LogP contribution in [0.25, 0.3) is 0 Å². The van der Waals surface area contributed by atoms with E-state index in [9.17, 15) is 13.2 Å². The average Bonchev–Trinajstić information content (AvgIpc) is 3.05. The van der Waals surface area contributed by atoms with Crippen LogP contribution in [0, 0.1) is 0 Å². The molecule has 0 saturated heterocycles. The number of benzene rings is 2. The zero-order valence-corrected chi connectivity index (χ0v) is 15.3. The number of hydrogen-bond acceptors (Lipinski definition) is 6. The Morgan fingerprint density at radius 3 is 2.52 bits per heavy atom. The number of rotatable bonds is 5. The summed E-state index contributed by atoms with van der Waals surface area (Å²) < 4.78 is 37.4. The van der Waals surface area contributed by atoms with Crippen molar-refractivity contribution in [3.8, 4) is 11.5 Å². The number of fused-ring (bicyclic) bond motifs is 1. The Morgan fingerprint density at radius 2 is 1.84 bits per heavy atom. The fourth-order valence-corrected chi connectivity index (χ4v) is 4.87. The Bertz CT molecular complexity index is 886. The highest BCUT2D eigenvalue weighted by Crippen LogP contribution is 2.37. The minimum Gasteiger partial charge on any atom is -0.493 e. The summed E-state index contributed by atoms with van der Waals surface area (Å²) in [6.07, 6.45) is 0.508. The number of ether oxygens (including phenoxy) is 2. The molecule has 6 nitrogen and oxygen atoms in total. The normalized spacial score (nSPS) is 16.2. The number of sulfonamides is 1. The van der Waals surface area contributed by atoms with Gasteiger partial charge in [0.05, 0.1) is 24.4 Å². The highest BCUT2D eigenvalue weighted by atomic mass is 32.2. The molecule has 3 rings (SSSR count). The van der Waals surface area contributed by atoms with Crippen molar-refractivity contribution in [2.45, 2.75) is 21.5 Å². The smallest absolute Gasteiger partial charge is 0.264 e. The highest BCUT2D eigenvalue weighted by molar-refractivity contribution is 8.01. The molecule has 0 bridgehead atoms. The third-order valence-corrected chi connectivity index (χ3v) is 6.50. The van der Waals surface area contributed by atoms with Crippen LogP contribution in [-0.4, -0.2) is 33.8 Å². The Labute approximate surface area is 150 Å². The van der Waals surface area contributed by atoms with E-state index in [2.05, 4.69) is 4.72 Å². The molecule has 2 aromatic rings. The van der Waals surface area contributed by atoms with Crippen LogP contribution in [0.2, 0.25) is 0 Å². The summed E-state index contributed by atoms with van der Waals surface area (Å²) in [7, 11) is -1.11. The average molecular weight is 379 g/mol. The molecule has 1 aliphatic heterocycles. The largest absolute Gasteiger partial charge is 0.493 e. The van der Waals surface area contributed by atoms with Crippen LogP contribution in [0.4, 0.5) is 0 Å². The molecule has 1 unspecified atom stereocenters. The molecule has 0 spiro atoms. The second-order valence-electron chi connectivity index (χ2n) is 5.40. The van der Waals surface area contributed by atoms with Crippen LogP contribution >= 0.6 is 11.8 Å². The van der Waals surface area contributed by atoms with Gasteiger partial charge in [0.25, 0.3) is 10.0 Å². The maximum atomic E-state index is 12.5. The molecule has 1 heterocycles. The van der Waals surface area contributed by atoms with Gasteiger partial charge < -0.3 is 9.47 Å². The van der Waals surface area contributed by atoms with E-state index in [1.54, 1.807) is 0 Å². The van der Waals surface area contributed by atoms with Gasteiger partial charge in [-0.25, -0.2) is 13.1 Å². The Kier molecular flexibility index (Phi) is 4.91. The van der Waals surface area contributed by atoms with E-state index < -0.39 is 21.2 Å². The molecule has 0 fully saturated rings. The van der Waals surface area contributed by atoms with Gasteiger partial charge in [-0.3, -0.25) is 4.79 Å². The summed E-state index contributed by atoms with van der Waals surface area (Å²) in [5.41, 5.74) is 1.05. The van der Waals surface area contributed by atoms with Crippen LogP contribution in [0.1, 0.15) is 5.56 Å². The van der Waals surface area contributed by atoms with Crippen LogP contribution < -0.4 is 14.2 Å².